The van der Waals surface area contributed by atoms with Gasteiger partial charge in [0.15, 0.2) is 12.2 Å². The van der Waals surface area contributed by atoms with E-state index >= 15 is 0 Å². The van der Waals surface area contributed by atoms with E-state index in [-0.39, 0.29) is 0 Å². The second kappa shape index (κ2) is 3.87. The summed E-state index contributed by atoms with van der Waals surface area (Å²) in [5, 5.41) is 0. The average Bonchev–Trinajstić information content (AvgIpc) is 2.55. The quantitative estimate of drug-likeness (QED) is 0.628. The maximum absolute atomic E-state index is 12.8. The zero-order chi connectivity index (χ0) is 10.3. The molecule has 6 unspecified atom stereocenters. The molecule has 2 rings (SSSR count). The molecule has 2 heterocycles. The third kappa shape index (κ3) is 1.85. The lowest BCUT2D eigenvalue weighted by Crippen LogP contribution is -2.37. The molecule has 0 aromatic heterocycles. The Hall–Kier alpha value is -0.000000000000000104. The van der Waals surface area contributed by atoms with E-state index in [1.807, 2.05) is 0 Å². The van der Waals surface area contributed by atoms with Gasteiger partial charge in [0.25, 0.3) is 0 Å². The van der Waals surface area contributed by atoms with Gasteiger partial charge in [-0.25, -0.2) is 17.1 Å². The molecule has 82 valence electrons. The fourth-order valence-electron chi connectivity index (χ4n) is 0.982. The first-order valence-electron chi connectivity index (χ1n) is 3.38. The highest BCUT2D eigenvalue weighted by Crippen LogP contribution is 2.30. The van der Waals surface area contributed by atoms with Crippen LogP contribution in [0.3, 0.4) is 0 Å². The second-order valence-corrected chi connectivity index (χ2v) is 4.01. The number of hydrogen-bond acceptors (Lipinski definition) is 6. The number of rotatable bonds is 1. The average molecular weight is 250 g/mol. The summed E-state index contributed by atoms with van der Waals surface area (Å²) in [4.78, 5) is 0. The van der Waals surface area contributed by atoms with Gasteiger partial charge in [0.05, 0.1) is 0 Å². The van der Waals surface area contributed by atoms with Gasteiger partial charge in [-0.2, -0.15) is 8.42 Å². The van der Waals surface area contributed by atoms with E-state index in [2.05, 4.69) is 16.7 Å². The molecule has 0 saturated carbocycles. The van der Waals surface area contributed by atoms with E-state index in [1.54, 1.807) is 0 Å². The third-order valence-electron chi connectivity index (χ3n) is 1.56. The van der Waals surface area contributed by atoms with E-state index in [0.717, 1.165) is 0 Å². The van der Waals surface area contributed by atoms with Crippen molar-refractivity contribution in [1.29, 1.82) is 0 Å². The monoisotopic (exact) mass is 250 g/mol. The lowest BCUT2D eigenvalue weighted by atomic mass is 10.2. The first-order valence-corrected chi connectivity index (χ1v) is 5.38. The molecule has 14 heavy (non-hydrogen) atoms. The van der Waals surface area contributed by atoms with Gasteiger partial charge in [0, 0.05) is 0 Å². The van der Waals surface area contributed by atoms with Gasteiger partial charge >= 0.3 is 22.7 Å². The fraction of sp³-hybridized carbons (Fsp3) is 1.00. The van der Waals surface area contributed by atoms with Crippen LogP contribution in [0.1, 0.15) is 0 Å². The molecule has 0 aromatic carbocycles. The molecule has 0 radical (unpaired) electrons. The molecule has 0 bridgehead atoms. The van der Waals surface area contributed by atoms with Crippen molar-refractivity contribution in [1.82, 2.24) is 0 Å². The Bertz CT molecular complexity index is 259. The highest BCUT2D eigenvalue weighted by atomic mass is 32.2. The van der Waals surface area contributed by atoms with Gasteiger partial charge in [-0.15, -0.1) is 0 Å². The van der Waals surface area contributed by atoms with E-state index in [0.29, 0.717) is 0 Å². The predicted molar refractivity (Wildman–Crippen MR) is 38.0 cm³/mol. The second-order valence-electron chi connectivity index (χ2n) is 2.42. The first kappa shape index (κ1) is 10.5. The van der Waals surface area contributed by atoms with Crippen LogP contribution in [0.25, 0.3) is 0 Å². The zero-order valence-corrected chi connectivity index (χ0v) is 7.96. The molecule has 2 saturated heterocycles. The van der Waals surface area contributed by atoms with Crippen LogP contribution in [0, 0.1) is 0 Å². The van der Waals surface area contributed by atoms with Gasteiger partial charge in [-0.3, -0.25) is 8.37 Å². The maximum atomic E-state index is 12.8. The Morgan fingerprint density at radius 3 is 1.36 bits per heavy atom. The summed E-state index contributed by atoms with van der Waals surface area (Å²) in [6.45, 7) is 0. The molecule has 6 nitrogen and oxygen atoms in total. The van der Waals surface area contributed by atoms with Crippen molar-refractivity contribution in [3.05, 3.63) is 0 Å². The summed E-state index contributed by atoms with van der Waals surface area (Å²) in [6.07, 6.45) is -7.29. The molecule has 0 aliphatic carbocycles. The van der Waals surface area contributed by atoms with Crippen LogP contribution in [0.2, 0.25) is 0 Å². The summed E-state index contributed by atoms with van der Waals surface area (Å²) in [6, 6.07) is 0. The summed E-state index contributed by atoms with van der Waals surface area (Å²) < 4.78 is 63.6. The number of alkyl halides is 2. The van der Waals surface area contributed by atoms with Gasteiger partial charge in [0.1, 0.15) is 0 Å². The fourth-order valence-corrected chi connectivity index (χ4v) is 2.35. The summed E-state index contributed by atoms with van der Waals surface area (Å²) in [5.41, 5.74) is 0. The SMILES string of the molecule is O=S1OC(F)C(C2OS(=O)OC2F)O1. The Labute approximate surface area is 82.2 Å². The van der Waals surface area contributed by atoms with Gasteiger partial charge in [-0.1, -0.05) is 0 Å². The van der Waals surface area contributed by atoms with E-state index in [1.165, 1.54) is 0 Å². The van der Waals surface area contributed by atoms with Crippen LogP contribution in [0.4, 0.5) is 8.78 Å². The topological polar surface area (TPSA) is 71.1 Å². The molecular formula is C4H4F2O6S2. The highest BCUT2D eigenvalue weighted by Gasteiger charge is 2.51. The molecule has 0 amide bonds. The molecule has 10 heteroatoms. The predicted octanol–water partition coefficient (Wildman–Crippen LogP) is -0.434. The molecule has 2 aliphatic heterocycles. The minimum absolute atomic E-state index is 1.54. The van der Waals surface area contributed by atoms with Crippen LogP contribution in [0.15, 0.2) is 0 Å². The van der Waals surface area contributed by atoms with Crippen molar-refractivity contribution in [2.24, 2.45) is 0 Å². The third-order valence-corrected chi connectivity index (χ3v) is 3.00. The Morgan fingerprint density at radius 1 is 0.786 bits per heavy atom. The van der Waals surface area contributed by atoms with E-state index < -0.39 is 47.6 Å². The highest BCUT2D eigenvalue weighted by molar-refractivity contribution is 7.75. The molecular weight excluding hydrogens is 246 g/mol. The van der Waals surface area contributed by atoms with E-state index in [9.17, 15) is 17.2 Å². The molecule has 6 atom stereocenters. The molecule has 0 N–H and O–H groups in total. The van der Waals surface area contributed by atoms with E-state index in [4.69, 9.17) is 0 Å². The normalized spacial score (nSPS) is 53.9. The molecule has 0 spiro atoms. The van der Waals surface area contributed by atoms with Crippen molar-refractivity contribution in [2.45, 2.75) is 24.9 Å². The van der Waals surface area contributed by atoms with Gasteiger partial charge < -0.3 is 0 Å². The van der Waals surface area contributed by atoms with Gasteiger partial charge in [0.2, 0.25) is 12.7 Å². The maximum Gasteiger partial charge on any atom is 0.308 e. The summed E-state index contributed by atoms with van der Waals surface area (Å²) >= 11 is -4.56. The van der Waals surface area contributed by atoms with Crippen molar-refractivity contribution in [2.75, 3.05) is 0 Å². The first-order chi connectivity index (χ1) is 6.58. The van der Waals surface area contributed by atoms with Gasteiger partial charge in [-0.05, 0) is 0 Å². The molecule has 0 aromatic rings. The van der Waals surface area contributed by atoms with Crippen molar-refractivity contribution in [3.63, 3.8) is 0 Å². The standard InChI is InChI=1S/C4H4F2O6S2/c5-3-1(9-13(7)11-3)2-4(6)12-14(8)10-2/h1-4H. The van der Waals surface area contributed by atoms with Crippen LogP contribution in [-0.4, -0.2) is 33.3 Å². The van der Waals surface area contributed by atoms with Crippen LogP contribution in [0.5, 0.6) is 0 Å². The lowest BCUT2D eigenvalue weighted by Gasteiger charge is -2.13. The smallest absolute Gasteiger partial charge is 0.256 e. The van der Waals surface area contributed by atoms with Crippen molar-refractivity contribution < 1.29 is 33.9 Å². The molecule has 2 fully saturated rings. The molecule has 2 aliphatic rings. The van der Waals surface area contributed by atoms with Crippen LogP contribution in [-0.2, 0) is 39.5 Å². The Morgan fingerprint density at radius 2 is 1.14 bits per heavy atom. The minimum atomic E-state index is -2.28. The summed E-state index contributed by atoms with van der Waals surface area (Å²) in [7, 11) is 0. The van der Waals surface area contributed by atoms with Crippen molar-refractivity contribution in [3.8, 4) is 0 Å². The van der Waals surface area contributed by atoms with Crippen molar-refractivity contribution >= 4 is 22.7 Å². The zero-order valence-electron chi connectivity index (χ0n) is 6.33. The Kier molecular flexibility index (Phi) is 2.91. The minimum Gasteiger partial charge on any atom is -0.256 e. The Balaban J connectivity index is 2.08. The lowest BCUT2D eigenvalue weighted by molar-refractivity contribution is -0.0655. The largest absolute Gasteiger partial charge is 0.308 e. The van der Waals surface area contributed by atoms with Crippen LogP contribution < -0.4 is 0 Å². The number of hydrogen-bond donors (Lipinski definition) is 0. The number of halogens is 2. The van der Waals surface area contributed by atoms with Crippen LogP contribution >= 0.6 is 0 Å². The summed E-state index contributed by atoms with van der Waals surface area (Å²) in [5.74, 6) is 0.